The van der Waals surface area contributed by atoms with Crippen molar-refractivity contribution in [3.05, 3.63) is 66.1 Å². The number of benzene rings is 1. The molecule has 0 radical (unpaired) electrons. The summed E-state index contributed by atoms with van der Waals surface area (Å²) < 4.78 is 32.4. The minimum atomic E-state index is -3.34. The van der Waals surface area contributed by atoms with Crippen LogP contribution in [0.1, 0.15) is 28.8 Å². The molecule has 1 aliphatic heterocycles. The van der Waals surface area contributed by atoms with Crippen molar-refractivity contribution in [1.82, 2.24) is 14.7 Å². The zero-order valence-electron chi connectivity index (χ0n) is 15.2. The second-order valence-corrected chi connectivity index (χ2v) is 9.02. The Morgan fingerprint density at radius 1 is 1.14 bits per heavy atom. The number of hydrogen-bond acceptors (Lipinski definition) is 5. The van der Waals surface area contributed by atoms with Gasteiger partial charge in [-0.05, 0) is 42.7 Å². The van der Waals surface area contributed by atoms with Gasteiger partial charge in [0.1, 0.15) is 5.65 Å². The number of nitrogens with one attached hydrogen (secondary N) is 1. The number of aromatic nitrogens is 2. The number of rotatable bonds is 5. The van der Waals surface area contributed by atoms with Crippen LogP contribution in [-0.4, -0.2) is 42.2 Å². The van der Waals surface area contributed by atoms with Gasteiger partial charge in [-0.15, -0.1) is 0 Å². The lowest BCUT2D eigenvalue weighted by atomic mass is 10.2. The van der Waals surface area contributed by atoms with Gasteiger partial charge in [0.25, 0.3) is 5.91 Å². The summed E-state index contributed by atoms with van der Waals surface area (Å²) in [5.74, 6) is -0.200. The summed E-state index contributed by atoms with van der Waals surface area (Å²) in [6.45, 7) is 1.29. The van der Waals surface area contributed by atoms with E-state index in [-0.39, 0.29) is 11.2 Å². The fraction of sp³-hybridized carbons (Fsp3) is 0.300. The zero-order chi connectivity index (χ0) is 19.6. The van der Waals surface area contributed by atoms with Crippen LogP contribution in [0.4, 0.5) is 0 Å². The van der Waals surface area contributed by atoms with Crippen molar-refractivity contribution in [1.29, 1.82) is 0 Å². The monoisotopic (exact) mass is 399 g/mol. The lowest BCUT2D eigenvalue weighted by Crippen LogP contribution is -2.29. The molecule has 0 bridgehead atoms. The molecule has 0 unspecified atom stereocenters. The smallest absolute Gasteiger partial charge is 0.253 e. The highest BCUT2D eigenvalue weighted by Crippen LogP contribution is 2.23. The van der Waals surface area contributed by atoms with Crippen LogP contribution in [0.15, 0.2) is 59.9 Å². The van der Waals surface area contributed by atoms with E-state index in [9.17, 15) is 13.2 Å². The topological polar surface area (TPSA) is 89.8 Å². The Bertz CT molecular complexity index is 1080. The number of pyridine rings is 1. The highest BCUT2D eigenvalue weighted by atomic mass is 32.2. The Hall–Kier alpha value is -2.71. The third kappa shape index (κ3) is 3.79. The van der Waals surface area contributed by atoms with Gasteiger partial charge >= 0.3 is 0 Å². The maximum absolute atomic E-state index is 12.7. The average molecular weight is 399 g/mol. The number of nitrogens with zero attached hydrogens (tertiary/aromatic N) is 2. The van der Waals surface area contributed by atoms with E-state index in [1.807, 2.05) is 0 Å². The maximum atomic E-state index is 12.7. The van der Waals surface area contributed by atoms with Crippen LogP contribution >= 0.6 is 0 Å². The number of imidazole rings is 1. The third-order valence-electron chi connectivity index (χ3n) is 4.96. The zero-order valence-corrected chi connectivity index (χ0v) is 16.1. The number of sulfone groups is 1. The molecule has 28 heavy (non-hydrogen) atoms. The number of fused-ring (bicyclic) bond motifs is 1. The van der Waals surface area contributed by atoms with Crippen LogP contribution < -0.4 is 5.32 Å². The molecular weight excluding hydrogens is 378 g/mol. The number of carbonyl (C=O) groups is 1. The van der Waals surface area contributed by atoms with Crippen molar-refractivity contribution >= 4 is 21.4 Å². The summed E-state index contributed by atoms with van der Waals surface area (Å²) in [7, 11) is -3.34. The summed E-state index contributed by atoms with van der Waals surface area (Å²) in [5.41, 5.74) is 2.14. The normalized spacial score (nSPS) is 15.6. The molecule has 1 amide bonds. The average Bonchev–Trinajstić information content (AvgIpc) is 3.21. The summed E-state index contributed by atoms with van der Waals surface area (Å²) in [6, 6.07) is 10.2. The van der Waals surface area contributed by atoms with Gasteiger partial charge in [-0.1, -0.05) is 12.1 Å². The number of hydrogen-bond donors (Lipinski definition) is 1. The molecule has 4 rings (SSSR count). The molecule has 1 aliphatic rings. The molecule has 8 heteroatoms. The second kappa shape index (κ2) is 7.73. The Morgan fingerprint density at radius 2 is 1.89 bits per heavy atom. The summed E-state index contributed by atoms with van der Waals surface area (Å²) in [6.07, 6.45) is 6.24. The first-order chi connectivity index (χ1) is 13.5. The Kier molecular flexibility index (Phi) is 5.15. The van der Waals surface area contributed by atoms with E-state index in [0.29, 0.717) is 43.1 Å². The van der Waals surface area contributed by atoms with E-state index in [4.69, 9.17) is 4.74 Å². The van der Waals surface area contributed by atoms with Gasteiger partial charge in [-0.3, -0.25) is 4.79 Å². The van der Waals surface area contributed by atoms with E-state index in [1.54, 1.807) is 59.4 Å². The van der Waals surface area contributed by atoms with E-state index < -0.39 is 9.84 Å². The molecule has 1 aromatic carbocycles. The molecule has 0 spiro atoms. The van der Waals surface area contributed by atoms with Gasteiger partial charge in [0.05, 0.1) is 15.7 Å². The predicted molar refractivity (Wildman–Crippen MR) is 104 cm³/mol. The van der Waals surface area contributed by atoms with Gasteiger partial charge in [0.15, 0.2) is 9.84 Å². The summed E-state index contributed by atoms with van der Waals surface area (Å²) in [4.78, 5) is 16.8. The van der Waals surface area contributed by atoms with Crippen molar-refractivity contribution in [2.75, 3.05) is 13.2 Å². The van der Waals surface area contributed by atoms with Crippen molar-refractivity contribution in [2.24, 2.45) is 0 Å². The van der Waals surface area contributed by atoms with Crippen LogP contribution in [0.2, 0.25) is 0 Å². The molecule has 0 aliphatic carbocycles. The molecule has 0 saturated carbocycles. The van der Waals surface area contributed by atoms with E-state index in [0.717, 1.165) is 11.2 Å². The summed E-state index contributed by atoms with van der Waals surface area (Å²) >= 11 is 0. The van der Waals surface area contributed by atoms with Crippen LogP contribution in [0.5, 0.6) is 0 Å². The number of amides is 1. The van der Waals surface area contributed by atoms with Crippen LogP contribution in [0.3, 0.4) is 0 Å². The molecule has 0 atom stereocenters. The standard InChI is InChI=1S/C20H21N3O4S/c24-20(16-3-6-19-21-9-10-23(19)14-16)22-13-15-1-4-17(5-2-15)28(25,26)18-7-11-27-12-8-18/h1-6,9-10,14,18H,7-8,11-13H2,(H,22,24). The van der Waals surface area contributed by atoms with Gasteiger partial charge in [0, 0.05) is 38.3 Å². The SMILES string of the molecule is O=C(NCc1ccc(S(=O)(=O)C2CCOCC2)cc1)c1ccc2nccn2c1. The molecule has 146 valence electrons. The minimum absolute atomic E-state index is 0.200. The lowest BCUT2D eigenvalue weighted by molar-refractivity contribution is 0.0950. The summed E-state index contributed by atoms with van der Waals surface area (Å²) in [5, 5.41) is 2.47. The van der Waals surface area contributed by atoms with Crippen molar-refractivity contribution in [2.45, 2.75) is 29.5 Å². The second-order valence-electron chi connectivity index (χ2n) is 6.79. The fourth-order valence-electron chi connectivity index (χ4n) is 3.31. The first-order valence-corrected chi connectivity index (χ1v) is 10.7. The van der Waals surface area contributed by atoms with Gasteiger partial charge < -0.3 is 14.5 Å². The quantitative estimate of drug-likeness (QED) is 0.711. The minimum Gasteiger partial charge on any atom is -0.381 e. The van der Waals surface area contributed by atoms with Crippen LogP contribution in [0.25, 0.3) is 5.65 Å². The number of carbonyl (C=O) groups excluding carboxylic acids is 1. The van der Waals surface area contributed by atoms with Crippen LogP contribution in [0, 0.1) is 0 Å². The van der Waals surface area contributed by atoms with E-state index in [1.165, 1.54) is 0 Å². The Morgan fingerprint density at radius 3 is 2.64 bits per heavy atom. The van der Waals surface area contributed by atoms with Gasteiger partial charge in [-0.25, -0.2) is 13.4 Å². The molecule has 1 N–H and O–H groups in total. The maximum Gasteiger partial charge on any atom is 0.253 e. The van der Waals surface area contributed by atoms with Crippen molar-refractivity contribution in [3.63, 3.8) is 0 Å². The molecule has 1 fully saturated rings. The largest absolute Gasteiger partial charge is 0.381 e. The highest BCUT2D eigenvalue weighted by molar-refractivity contribution is 7.92. The lowest BCUT2D eigenvalue weighted by Gasteiger charge is -2.22. The van der Waals surface area contributed by atoms with Crippen molar-refractivity contribution < 1.29 is 17.9 Å². The highest BCUT2D eigenvalue weighted by Gasteiger charge is 2.29. The fourth-order valence-corrected chi connectivity index (χ4v) is 5.03. The predicted octanol–water partition coefficient (Wildman–Crippen LogP) is 2.22. The first-order valence-electron chi connectivity index (χ1n) is 9.15. The Labute approximate surface area is 163 Å². The molecule has 1 saturated heterocycles. The molecule has 7 nitrogen and oxygen atoms in total. The first kappa shape index (κ1) is 18.6. The molecule has 3 heterocycles. The molecule has 3 aromatic rings. The van der Waals surface area contributed by atoms with Gasteiger partial charge in [0.2, 0.25) is 0 Å². The molecular formula is C20H21N3O4S. The van der Waals surface area contributed by atoms with E-state index in [2.05, 4.69) is 10.3 Å². The van der Waals surface area contributed by atoms with Gasteiger partial charge in [-0.2, -0.15) is 0 Å². The Balaban J connectivity index is 1.40. The third-order valence-corrected chi connectivity index (χ3v) is 7.24. The van der Waals surface area contributed by atoms with E-state index >= 15 is 0 Å². The van der Waals surface area contributed by atoms with Crippen LogP contribution in [-0.2, 0) is 21.1 Å². The number of ether oxygens (including phenoxy) is 1. The molecule has 2 aromatic heterocycles. The van der Waals surface area contributed by atoms with Crippen molar-refractivity contribution in [3.8, 4) is 0 Å².